The van der Waals surface area contributed by atoms with E-state index in [4.69, 9.17) is 11.6 Å². The summed E-state index contributed by atoms with van der Waals surface area (Å²) in [5.41, 5.74) is 0.648. The maximum absolute atomic E-state index is 13.4. The molecule has 4 nitrogen and oxygen atoms in total. The van der Waals surface area contributed by atoms with Crippen molar-refractivity contribution in [1.29, 1.82) is 0 Å². The van der Waals surface area contributed by atoms with Crippen LogP contribution in [0.5, 0.6) is 0 Å². The van der Waals surface area contributed by atoms with Gasteiger partial charge in [-0.2, -0.15) is 4.39 Å². The SMILES string of the molecule is O=c1[nH]c(Cl)c(F)c(=O)n1CC1Cc2ccccc21. The molecule has 0 spiro atoms. The van der Waals surface area contributed by atoms with Gasteiger partial charge in [0.05, 0.1) is 0 Å². The molecule has 1 atom stereocenters. The monoisotopic (exact) mass is 280 g/mol. The number of nitrogens with zero attached hydrogens (tertiary/aromatic N) is 1. The van der Waals surface area contributed by atoms with E-state index in [9.17, 15) is 14.0 Å². The fraction of sp³-hybridized carbons (Fsp3) is 0.231. The normalized spacial score (nSPS) is 16.8. The highest BCUT2D eigenvalue weighted by Gasteiger charge is 2.27. The van der Waals surface area contributed by atoms with Crippen LogP contribution in [0.15, 0.2) is 33.9 Å². The Labute approximate surface area is 112 Å². The van der Waals surface area contributed by atoms with Crippen LogP contribution in [0.3, 0.4) is 0 Å². The first kappa shape index (κ1) is 12.2. The van der Waals surface area contributed by atoms with Crippen LogP contribution >= 0.6 is 11.6 Å². The zero-order valence-corrected chi connectivity index (χ0v) is 10.6. The Kier molecular flexibility index (Phi) is 2.78. The third-order valence-electron chi connectivity index (χ3n) is 3.45. The highest BCUT2D eigenvalue weighted by molar-refractivity contribution is 6.29. The van der Waals surface area contributed by atoms with Crippen LogP contribution < -0.4 is 11.2 Å². The summed E-state index contributed by atoms with van der Waals surface area (Å²) in [6, 6.07) is 7.80. The largest absolute Gasteiger partial charge is 0.329 e. The Morgan fingerprint density at radius 1 is 1.37 bits per heavy atom. The van der Waals surface area contributed by atoms with Crippen molar-refractivity contribution in [3.8, 4) is 0 Å². The van der Waals surface area contributed by atoms with Crippen LogP contribution in [-0.2, 0) is 13.0 Å². The van der Waals surface area contributed by atoms with Crippen LogP contribution in [-0.4, -0.2) is 9.55 Å². The lowest BCUT2D eigenvalue weighted by Gasteiger charge is -2.30. The molecule has 1 aromatic heterocycles. The molecule has 1 aliphatic rings. The summed E-state index contributed by atoms with van der Waals surface area (Å²) in [5.74, 6) is -1.05. The summed E-state index contributed by atoms with van der Waals surface area (Å²) in [7, 11) is 0. The van der Waals surface area contributed by atoms with Crippen molar-refractivity contribution in [3.63, 3.8) is 0 Å². The lowest BCUT2D eigenvalue weighted by atomic mass is 9.77. The second kappa shape index (κ2) is 4.35. The average Bonchev–Trinajstić information content (AvgIpc) is 2.37. The van der Waals surface area contributed by atoms with E-state index in [0.717, 1.165) is 16.6 Å². The molecule has 1 N–H and O–H groups in total. The Hall–Kier alpha value is -1.88. The zero-order valence-electron chi connectivity index (χ0n) is 9.82. The number of aromatic amines is 1. The quantitative estimate of drug-likeness (QED) is 0.851. The third-order valence-corrected chi connectivity index (χ3v) is 3.71. The molecule has 0 saturated heterocycles. The first-order valence-corrected chi connectivity index (χ1v) is 6.21. The number of hydrogen-bond acceptors (Lipinski definition) is 2. The van der Waals surface area contributed by atoms with Crippen LogP contribution in [0, 0.1) is 5.82 Å². The van der Waals surface area contributed by atoms with E-state index in [-0.39, 0.29) is 12.5 Å². The molecule has 0 saturated carbocycles. The maximum atomic E-state index is 13.4. The highest BCUT2D eigenvalue weighted by Crippen LogP contribution is 2.35. The summed E-state index contributed by atoms with van der Waals surface area (Å²) in [5, 5.41) is -0.541. The fourth-order valence-corrected chi connectivity index (χ4v) is 2.59. The summed E-state index contributed by atoms with van der Waals surface area (Å²) in [6.07, 6.45) is 0.784. The molecule has 2 aromatic rings. The molecule has 19 heavy (non-hydrogen) atoms. The Bertz CT molecular complexity index is 766. The Balaban J connectivity index is 1.97. The first-order valence-electron chi connectivity index (χ1n) is 5.84. The molecule has 1 aliphatic carbocycles. The van der Waals surface area contributed by atoms with Crippen LogP contribution in [0.1, 0.15) is 17.0 Å². The molecule has 1 unspecified atom stereocenters. The molecule has 1 heterocycles. The summed E-state index contributed by atoms with van der Waals surface area (Å²) < 4.78 is 14.3. The van der Waals surface area contributed by atoms with Gasteiger partial charge in [0.25, 0.3) is 5.56 Å². The summed E-state index contributed by atoms with van der Waals surface area (Å²) in [4.78, 5) is 25.5. The van der Waals surface area contributed by atoms with Gasteiger partial charge in [0.1, 0.15) is 0 Å². The van der Waals surface area contributed by atoms with E-state index in [1.54, 1.807) is 0 Å². The number of fused-ring (bicyclic) bond motifs is 1. The van der Waals surface area contributed by atoms with Crippen molar-refractivity contribution in [2.45, 2.75) is 18.9 Å². The van der Waals surface area contributed by atoms with Crippen molar-refractivity contribution < 1.29 is 4.39 Å². The van der Waals surface area contributed by atoms with Gasteiger partial charge in [-0.1, -0.05) is 35.9 Å². The van der Waals surface area contributed by atoms with E-state index in [1.807, 2.05) is 24.3 Å². The molecule has 0 fully saturated rings. The van der Waals surface area contributed by atoms with Gasteiger partial charge in [-0.25, -0.2) is 4.79 Å². The minimum Gasteiger partial charge on any atom is -0.295 e. The fourth-order valence-electron chi connectivity index (χ4n) is 2.43. The predicted molar refractivity (Wildman–Crippen MR) is 69.2 cm³/mol. The molecule has 0 bridgehead atoms. The number of aromatic nitrogens is 2. The Morgan fingerprint density at radius 3 is 2.84 bits per heavy atom. The van der Waals surface area contributed by atoms with Crippen molar-refractivity contribution in [1.82, 2.24) is 9.55 Å². The van der Waals surface area contributed by atoms with Crippen molar-refractivity contribution in [2.75, 3.05) is 0 Å². The standard InChI is InChI=1S/C13H10ClFN2O2/c14-11-10(15)12(18)17(13(19)16-11)6-8-5-7-3-1-2-4-9(7)8/h1-4,8H,5-6H2,(H,16,19). The van der Waals surface area contributed by atoms with E-state index in [2.05, 4.69) is 4.98 Å². The second-order valence-corrected chi connectivity index (χ2v) is 4.95. The minimum atomic E-state index is -1.12. The van der Waals surface area contributed by atoms with Gasteiger partial charge < -0.3 is 0 Å². The molecule has 98 valence electrons. The molecule has 0 radical (unpaired) electrons. The summed E-state index contributed by atoms with van der Waals surface area (Å²) >= 11 is 5.41. The summed E-state index contributed by atoms with van der Waals surface area (Å²) in [6.45, 7) is 0.166. The van der Waals surface area contributed by atoms with E-state index < -0.39 is 22.2 Å². The van der Waals surface area contributed by atoms with E-state index in [1.165, 1.54) is 5.56 Å². The lowest BCUT2D eigenvalue weighted by molar-refractivity contribution is 0.462. The molecule has 3 rings (SSSR count). The highest BCUT2D eigenvalue weighted by atomic mass is 35.5. The van der Waals surface area contributed by atoms with Gasteiger partial charge >= 0.3 is 5.69 Å². The minimum absolute atomic E-state index is 0.0653. The lowest BCUT2D eigenvalue weighted by Crippen LogP contribution is -2.40. The number of benzene rings is 1. The molecular weight excluding hydrogens is 271 g/mol. The van der Waals surface area contributed by atoms with Gasteiger partial charge in [0.15, 0.2) is 5.15 Å². The Morgan fingerprint density at radius 2 is 2.11 bits per heavy atom. The predicted octanol–water partition coefficient (Wildman–Crippen LogP) is 1.67. The smallest absolute Gasteiger partial charge is 0.295 e. The molecule has 0 amide bonds. The van der Waals surface area contributed by atoms with E-state index >= 15 is 0 Å². The number of nitrogens with one attached hydrogen (secondary N) is 1. The molecule has 0 aliphatic heterocycles. The second-order valence-electron chi connectivity index (χ2n) is 4.57. The van der Waals surface area contributed by atoms with Gasteiger partial charge in [0, 0.05) is 12.5 Å². The van der Waals surface area contributed by atoms with Crippen LogP contribution in [0.25, 0.3) is 0 Å². The number of hydrogen-bond donors (Lipinski definition) is 1. The van der Waals surface area contributed by atoms with Gasteiger partial charge in [-0.15, -0.1) is 0 Å². The topological polar surface area (TPSA) is 54.9 Å². The zero-order chi connectivity index (χ0) is 13.6. The van der Waals surface area contributed by atoms with Crippen molar-refractivity contribution in [3.05, 3.63) is 67.2 Å². The van der Waals surface area contributed by atoms with Gasteiger partial charge in [-0.05, 0) is 17.5 Å². The molecule has 1 aromatic carbocycles. The number of rotatable bonds is 2. The molecular formula is C13H10ClFN2O2. The maximum Gasteiger partial charge on any atom is 0.329 e. The molecule has 6 heteroatoms. The number of H-pyrrole nitrogens is 1. The van der Waals surface area contributed by atoms with E-state index in [0.29, 0.717) is 0 Å². The third kappa shape index (κ3) is 1.90. The van der Waals surface area contributed by atoms with Crippen LogP contribution in [0.2, 0.25) is 5.15 Å². The first-order chi connectivity index (χ1) is 9.08. The van der Waals surface area contributed by atoms with Gasteiger partial charge in [-0.3, -0.25) is 14.3 Å². The van der Waals surface area contributed by atoms with Crippen LogP contribution in [0.4, 0.5) is 4.39 Å². The number of halogens is 2. The average molecular weight is 281 g/mol. The van der Waals surface area contributed by atoms with Gasteiger partial charge in [0.2, 0.25) is 5.82 Å². The van der Waals surface area contributed by atoms with Crippen molar-refractivity contribution >= 4 is 11.6 Å². The van der Waals surface area contributed by atoms with Crippen molar-refractivity contribution in [2.24, 2.45) is 0 Å².